The van der Waals surface area contributed by atoms with Crippen LogP contribution in [-0.4, -0.2) is 29.2 Å². The smallest absolute Gasteiger partial charge is 0.0730 e. The fourth-order valence-corrected chi connectivity index (χ4v) is 2.35. The Labute approximate surface area is 102 Å². The van der Waals surface area contributed by atoms with Crippen LogP contribution in [0.25, 0.3) is 0 Å². The summed E-state index contributed by atoms with van der Waals surface area (Å²) >= 11 is 4.67. The lowest BCUT2D eigenvalue weighted by atomic mass is 10.1. The molecule has 0 aromatic heterocycles. The zero-order valence-electron chi connectivity index (χ0n) is 9.30. The number of benzene rings is 1. The Morgan fingerprint density at radius 3 is 2.94 bits per heavy atom. The van der Waals surface area contributed by atoms with E-state index >= 15 is 0 Å². The van der Waals surface area contributed by atoms with E-state index in [1.807, 2.05) is 0 Å². The molecule has 2 rings (SSSR count). The highest BCUT2D eigenvalue weighted by molar-refractivity contribution is 7.78. The summed E-state index contributed by atoms with van der Waals surface area (Å²) in [5.41, 5.74) is 1.37. The number of hydrogen-bond donors (Lipinski definition) is 0. The summed E-state index contributed by atoms with van der Waals surface area (Å²) in [5, 5.41) is 2.50. The molecule has 0 amide bonds. The van der Waals surface area contributed by atoms with Crippen LogP contribution < -0.4 is 0 Å². The number of isothiocyanates is 1. The van der Waals surface area contributed by atoms with Gasteiger partial charge < -0.3 is 0 Å². The van der Waals surface area contributed by atoms with E-state index in [9.17, 15) is 0 Å². The van der Waals surface area contributed by atoms with Crippen molar-refractivity contribution in [2.75, 3.05) is 13.1 Å². The van der Waals surface area contributed by atoms with Gasteiger partial charge in [-0.15, -0.1) is 0 Å². The topological polar surface area (TPSA) is 15.6 Å². The van der Waals surface area contributed by atoms with Crippen LogP contribution in [0.15, 0.2) is 35.3 Å². The van der Waals surface area contributed by atoms with Crippen LogP contribution in [0.2, 0.25) is 0 Å². The van der Waals surface area contributed by atoms with Gasteiger partial charge in [-0.3, -0.25) is 4.90 Å². The molecule has 1 aliphatic rings. The van der Waals surface area contributed by atoms with Gasteiger partial charge in [-0.25, -0.2) is 4.99 Å². The molecule has 1 saturated heterocycles. The third-order valence-corrected chi connectivity index (χ3v) is 3.07. The SMILES string of the molecule is S=C=N[C@H]1CCCN(Cc2ccccc2)C1. The van der Waals surface area contributed by atoms with E-state index in [2.05, 4.69) is 57.6 Å². The summed E-state index contributed by atoms with van der Waals surface area (Å²) in [4.78, 5) is 6.64. The molecule has 1 fully saturated rings. The van der Waals surface area contributed by atoms with Crippen LogP contribution in [0, 0.1) is 0 Å². The molecule has 84 valence electrons. The molecule has 2 nitrogen and oxygen atoms in total. The van der Waals surface area contributed by atoms with E-state index in [-0.39, 0.29) is 0 Å². The maximum absolute atomic E-state index is 4.67. The van der Waals surface area contributed by atoms with Crippen molar-refractivity contribution in [1.29, 1.82) is 0 Å². The van der Waals surface area contributed by atoms with Crippen molar-refractivity contribution >= 4 is 17.4 Å². The fraction of sp³-hybridized carbons (Fsp3) is 0.462. The molecule has 16 heavy (non-hydrogen) atoms. The standard InChI is InChI=1S/C13H16N2S/c16-11-14-13-7-4-8-15(10-13)9-12-5-2-1-3-6-12/h1-3,5-6,13H,4,7-10H2/t13-/m0/s1. The number of thiocarbonyl (C=S) groups is 1. The van der Waals surface area contributed by atoms with Gasteiger partial charge in [0.15, 0.2) is 0 Å². The van der Waals surface area contributed by atoms with Crippen LogP contribution in [-0.2, 0) is 6.54 Å². The molecule has 0 unspecified atom stereocenters. The first-order chi connectivity index (χ1) is 7.88. The van der Waals surface area contributed by atoms with Gasteiger partial charge in [0.1, 0.15) is 0 Å². The van der Waals surface area contributed by atoms with E-state index in [1.165, 1.54) is 18.5 Å². The molecule has 1 atom stereocenters. The van der Waals surface area contributed by atoms with Gasteiger partial charge in [-0.1, -0.05) is 30.3 Å². The molecule has 1 aliphatic heterocycles. The minimum absolute atomic E-state index is 0.356. The minimum Gasteiger partial charge on any atom is -0.297 e. The van der Waals surface area contributed by atoms with Gasteiger partial charge in [0.2, 0.25) is 0 Å². The van der Waals surface area contributed by atoms with Crippen molar-refractivity contribution in [1.82, 2.24) is 4.90 Å². The number of hydrogen-bond acceptors (Lipinski definition) is 3. The molecule has 0 saturated carbocycles. The zero-order chi connectivity index (χ0) is 11.2. The molecule has 3 heteroatoms. The largest absolute Gasteiger partial charge is 0.297 e. The van der Waals surface area contributed by atoms with Gasteiger partial charge in [0, 0.05) is 13.1 Å². The van der Waals surface area contributed by atoms with E-state index in [0.717, 1.165) is 19.5 Å². The first kappa shape index (κ1) is 11.5. The van der Waals surface area contributed by atoms with E-state index < -0.39 is 0 Å². The number of likely N-dealkylation sites (tertiary alicyclic amines) is 1. The Balaban J connectivity index is 1.93. The number of rotatable bonds is 3. The van der Waals surface area contributed by atoms with E-state index in [1.54, 1.807) is 0 Å². The van der Waals surface area contributed by atoms with Crippen LogP contribution >= 0.6 is 12.2 Å². The second-order valence-electron chi connectivity index (χ2n) is 4.24. The maximum atomic E-state index is 4.67. The fourth-order valence-electron chi connectivity index (χ4n) is 2.20. The second kappa shape index (κ2) is 5.90. The Kier molecular flexibility index (Phi) is 4.23. The lowest BCUT2D eigenvalue weighted by molar-refractivity contribution is 0.202. The summed E-state index contributed by atoms with van der Waals surface area (Å²) in [6.07, 6.45) is 2.35. The summed E-state index contributed by atoms with van der Waals surface area (Å²) in [6.45, 7) is 3.20. The van der Waals surface area contributed by atoms with Crippen LogP contribution in [0.4, 0.5) is 0 Å². The molecule has 0 aliphatic carbocycles. The number of piperidine rings is 1. The van der Waals surface area contributed by atoms with Crippen molar-refractivity contribution in [3.8, 4) is 0 Å². The molecule has 0 bridgehead atoms. The Hall–Kier alpha value is -1.02. The lowest BCUT2D eigenvalue weighted by Crippen LogP contribution is -2.36. The molecule has 1 aromatic carbocycles. The monoisotopic (exact) mass is 232 g/mol. The van der Waals surface area contributed by atoms with Crippen LogP contribution in [0.3, 0.4) is 0 Å². The predicted octanol–water partition coefficient (Wildman–Crippen LogP) is 2.75. The summed E-state index contributed by atoms with van der Waals surface area (Å²) < 4.78 is 0. The number of nitrogens with zero attached hydrogens (tertiary/aromatic N) is 2. The third kappa shape index (κ3) is 3.24. The van der Waals surface area contributed by atoms with Crippen molar-refractivity contribution in [3.63, 3.8) is 0 Å². The summed E-state index contributed by atoms with van der Waals surface area (Å²) in [7, 11) is 0. The van der Waals surface area contributed by atoms with Crippen molar-refractivity contribution in [2.45, 2.75) is 25.4 Å². The zero-order valence-corrected chi connectivity index (χ0v) is 10.1. The summed E-state index contributed by atoms with van der Waals surface area (Å²) in [6, 6.07) is 10.9. The molecule has 1 aromatic rings. The van der Waals surface area contributed by atoms with Gasteiger partial charge in [-0.2, -0.15) is 0 Å². The third-order valence-electron chi connectivity index (χ3n) is 2.96. The highest BCUT2D eigenvalue weighted by atomic mass is 32.1. The average Bonchev–Trinajstić information content (AvgIpc) is 2.31. The molecule has 0 spiro atoms. The van der Waals surface area contributed by atoms with Crippen molar-refractivity contribution in [3.05, 3.63) is 35.9 Å². The van der Waals surface area contributed by atoms with Crippen molar-refractivity contribution in [2.24, 2.45) is 4.99 Å². The second-order valence-corrected chi connectivity index (χ2v) is 4.42. The quantitative estimate of drug-likeness (QED) is 0.588. The average molecular weight is 232 g/mol. The molecular formula is C13H16N2S. The van der Waals surface area contributed by atoms with Gasteiger partial charge >= 0.3 is 0 Å². The number of aliphatic imine (C=N–C) groups is 1. The molecule has 0 radical (unpaired) electrons. The Morgan fingerprint density at radius 1 is 1.38 bits per heavy atom. The normalized spacial score (nSPS) is 21.4. The van der Waals surface area contributed by atoms with E-state index in [0.29, 0.717) is 6.04 Å². The Bertz CT molecular complexity index is 371. The maximum Gasteiger partial charge on any atom is 0.0730 e. The highest BCUT2D eigenvalue weighted by Gasteiger charge is 2.18. The van der Waals surface area contributed by atoms with Gasteiger partial charge in [0.05, 0.1) is 11.2 Å². The molecular weight excluding hydrogens is 216 g/mol. The minimum atomic E-state index is 0.356. The van der Waals surface area contributed by atoms with Crippen LogP contribution in [0.1, 0.15) is 18.4 Å². The predicted molar refractivity (Wildman–Crippen MR) is 69.8 cm³/mol. The lowest BCUT2D eigenvalue weighted by Gasteiger charge is -2.30. The highest BCUT2D eigenvalue weighted by Crippen LogP contribution is 2.15. The molecule has 0 N–H and O–H groups in total. The Morgan fingerprint density at radius 2 is 2.19 bits per heavy atom. The van der Waals surface area contributed by atoms with Gasteiger partial charge in [0.25, 0.3) is 0 Å². The molecule has 1 heterocycles. The van der Waals surface area contributed by atoms with Crippen molar-refractivity contribution < 1.29 is 0 Å². The van der Waals surface area contributed by atoms with E-state index in [4.69, 9.17) is 0 Å². The first-order valence-corrected chi connectivity index (χ1v) is 6.12. The first-order valence-electron chi connectivity index (χ1n) is 5.72. The van der Waals surface area contributed by atoms with Crippen LogP contribution in [0.5, 0.6) is 0 Å². The van der Waals surface area contributed by atoms with Gasteiger partial charge in [-0.05, 0) is 37.2 Å². The summed E-state index contributed by atoms with van der Waals surface area (Å²) in [5.74, 6) is 0.